The van der Waals surface area contributed by atoms with Crippen LogP contribution < -0.4 is 15.2 Å². The molecule has 1 aliphatic heterocycles. The lowest BCUT2D eigenvalue weighted by Gasteiger charge is -2.24. The van der Waals surface area contributed by atoms with E-state index in [1.165, 1.54) is 12.1 Å². The molecule has 0 fully saturated rings. The van der Waals surface area contributed by atoms with Crippen LogP contribution in [0.3, 0.4) is 0 Å². The van der Waals surface area contributed by atoms with Crippen molar-refractivity contribution in [1.82, 2.24) is 10.2 Å². The molecule has 1 aliphatic rings. The van der Waals surface area contributed by atoms with Gasteiger partial charge >= 0.3 is 0 Å². The Morgan fingerprint density at radius 2 is 2.07 bits per heavy atom. The molecule has 0 saturated heterocycles. The van der Waals surface area contributed by atoms with Gasteiger partial charge in [0.05, 0.1) is 5.92 Å². The normalized spacial score (nSPS) is 15.5. The van der Waals surface area contributed by atoms with Gasteiger partial charge in [-0.25, -0.2) is 4.39 Å². The fraction of sp³-hybridized carbons (Fsp3) is 0.143. The van der Waals surface area contributed by atoms with Crippen LogP contribution in [0.1, 0.15) is 28.3 Å². The number of nitrogens with one attached hydrogen (secondary N) is 1. The van der Waals surface area contributed by atoms with Crippen molar-refractivity contribution in [3.8, 4) is 17.7 Å². The second kappa shape index (κ2) is 7.08. The molecule has 28 heavy (non-hydrogen) atoms. The summed E-state index contributed by atoms with van der Waals surface area (Å²) in [6.45, 7) is 2.17. The van der Waals surface area contributed by atoms with Crippen LogP contribution in [0, 0.1) is 24.1 Å². The van der Waals surface area contributed by atoms with Gasteiger partial charge in [-0.15, -0.1) is 5.10 Å². The Bertz CT molecular complexity index is 1100. The fourth-order valence-electron chi connectivity index (χ4n) is 3.26. The number of hydrogen-bond donors (Lipinski definition) is 2. The summed E-state index contributed by atoms with van der Waals surface area (Å²) in [6, 6.07) is 15.7. The Labute approximate surface area is 161 Å². The van der Waals surface area contributed by atoms with Crippen molar-refractivity contribution in [3.63, 3.8) is 0 Å². The Morgan fingerprint density at radius 1 is 1.29 bits per heavy atom. The SMILES string of the molecule is Cc1[nH]nc2c1C(c1cccc(OCc3ccc(F)cc3)c1)C(C#N)=C(N)O2. The summed E-state index contributed by atoms with van der Waals surface area (Å²) in [6.07, 6.45) is 0. The third kappa shape index (κ3) is 3.16. The zero-order chi connectivity index (χ0) is 19.7. The lowest BCUT2D eigenvalue weighted by molar-refractivity contribution is 0.305. The molecule has 0 saturated carbocycles. The first kappa shape index (κ1) is 17.6. The molecule has 1 unspecified atom stereocenters. The number of ether oxygens (including phenoxy) is 2. The number of benzene rings is 2. The highest BCUT2D eigenvalue weighted by Gasteiger charge is 2.34. The minimum atomic E-state index is -0.401. The Balaban J connectivity index is 1.66. The molecule has 0 spiro atoms. The number of aromatic amines is 1. The first-order valence-electron chi connectivity index (χ1n) is 8.66. The predicted octanol–water partition coefficient (Wildman–Crippen LogP) is 3.65. The van der Waals surface area contributed by atoms with Crippen LogP contribution in [0.5, 0.6) is 11.6 Å². The second-order valence-corrected chi connectivity index (χ2v) is 6.48. The van der Waals surface area contributed by atoms with Crippen molar-refractivity contribution in [1.29, 1.82) is 5.26 Å². The van der Waals surface area contributed by atoms with Crippen LogP contribution in [0.4, 0.5) is 4.39 Å². The zero-order valence-corrected chi connectivity index (χ0v) is 15.1. The van der Waals surface area contributed by atoms with E-state index < -0.39 is 5.92 Å². The van der Waals surface area contributed by atoms with Gasteiger partial charge in [-0.3, -0.25) is 5.10 Å². The molecular formula is C21H17FN4O2. The topological polar surface area (TPSA) is 97.0 Å². The second-order valence-electron chi connectivity index (χ2n) is 6.48. The molecule has 0 amide bonds. The van der Waals surface area contributed by atoms with Gasteiger partial charge in [0, 0.05) is 11.3 Å². The molecule has 2 heterocycles. The molecular weight excluding hydrogens is 359 g/mol. The molecule has 0 radical (unpaired) electrons. The molecule has 3 aromatic rings. The quantitative estimate of drug-likeness (QED) is 0.724. The monoisotopic (exact) mass is 376 g/mol. The van der Waals surface area contributed by atoms with Gasteiger partial charge in [0.25, 0.3) is 0 Å². The van der Waals surface area contributed by atoms with Crippen LogP contribution >= 0.6 is 0 Å². The summed E-state index contributed by atoms with van der Waals surface area (Å²) >= 11 is 0. The highest BCUT2D eigenvalue weighted by atomic mass is 19.1. The van der Waals surface area contributed by atoms with Gasteiger partial charge in [-0.05, 0) is 42.3 Å². The summed E-state index contributed by atoms with van der Waals surface area (Å²) in [7, 11) is 0. The molecule has 7 heteroatoms. The third-order valence-electron chi connectivity index (χ3n) is 4.64. The highest BCUT2D eigenvalue weighted by Crippen LogP contribution is 2.43. The number of allylic oxidation sites excluding steroid dienone is 1. The summed E-state index contributed by atoms with van der Waals surface area (Å²) in [5, 5.41) is 16.6. The molecule has 1 aromatic heterocycles. The Morgan fingerprint density at radius 3 is 2.82 bits per heavy atom. The molecule has 2 aromatic carbocycles. The lowest BCUT2D eigenvalue weighted by atomic mass is 9.84. The largest absolute Gasteiger partial charge is 0.489 e. The van der Waals surface area contributed by atoms with Crippen molar-refractivity contribution in [3.05, 3.63) is 88.2 Å². The highest BCUT2D eigenvalue weighted by molar-refractivity contribution is 5.55. The molecule has 140 valence electrons. The summed E-state index contributed by atoms with van der Waals surface area (Å²) < 4.78 is 24.4. The number of H-pyrrole nitrogens is 1. The summed E-state index contributed by atoms with van der Waals surface area (Å²) in [5.41, 5.74) is 9.55. The van der Waals surface area contributed by atoms with Crippen LogP contribution in [-0.4, -0.2) is 10.2 Å². The number of fused-ring (bicyclic) bond motifs is 1. The maximum Gasteiger partial charge on any atom is 0.244 e. The molecule has 0 bridgehead atoms. The zero-order valence-electron chi connectivity index (χ0n) is 15.1. The number of rotatable bonds is 4. The Kier molecular flexibility index (Phi) is 4.45. The fourth-order valence-corrected chi connectivity index (χ4v) is 3.26. The van der Waals surface area contributed by atoms with Crippen molar-refractivity contribution in [2.24, 2.45) is 5.73 Å². The number of hydrogen-bond acceptors (Lipinski definition) is 5. The van der Waals surface area contributed by atoms with Gasteiger partial charge in [-0.1, -0.05) is 24.3 Å². The van der Waals surface area contributed by atoms with Gasteiger partial charge in [0.2, 0.25) is 11.8 Å². The first-order chi connectivity index (χ1) is 13.6. The van der Waals surface area contributed by atoms with E-state index in [9.17, 15) is 9.65 Å². The van der Waals surface area contributed by atoms with Gasteiger partial charge < -0.3 is 15.2 Å². The molecule has 0 aliphatic carbocycles. The maximum atomic E-state index is 13.0. The van der Waals surface area contributed by atoms with Crippen LogP contribution in [0.2, 0.25) is 0 Å². The van der Waals surface area contributed by atoms with E-state index in [4.69, 9.17) is 15.2 Å². The van der Waals surface area contributed by atoms with E-state index in [0.29, 0.717) is 23.8 Å². The van der Waals surface area contributed by atoms with Gasteiger partial charge in [-0.2, -0.15) is 5.26 Å². The average molecular weight is 376 g/mol. The summed E-state index contributed by atoms with van der Waals surface area (Å²) in [5.74, 6) is 0.361. The molecule has 4 rings (SSSR count). The molecule has 1 atom stereocenters. The minimum absolute atomic E-state index is 0.0455. The van der Waals surface area contributed by atoms with Gasteiger partial charge in [0.1, 0.15) is 29.8 Å². The summed E-state index contributed by atoms with van der Waals surface area (Å²) in [4.78, 5) is 0. The number of aryl methyl sites for hydroxylation is 1. The predicted molar refractivity (Wildman–Crippen MR) is 99.8 cm³/mol. The van der Waals surface area contributed by atoms with Crippen molar-refractivity contribution in [2.75, 3.05) is 0 Å². The van der Waals surface area contributed by atoms with Gasteiger partial charge in [0.15, 0.2) is 0 Å². The first-order valence-corrected chi connectivity index (χ1v) is 8.66. The van der Waals surface area contributed by atoms with Crippen molar-refractivity contribution >= 4 is 0 Å². The number of halogens is 1. The number of nitrogens with two attached hydrogens (primary N) is 1. The minimum Gasteiger partial charge on any atom is -0.489 e. The van der Waals surface area contributed by atoms with E-state index in [1.54, 1.807) is 12.1 Å². The van der Waals surface area contributed by atoms with Crippen LogP contribution in [0.15, 0.2) is 60.0 Å². The average Bonchev–Trinajstić information content (AvgIpc) is 3.07. The van der Waals surface area contributed by atoms with Crippen molar-refractivity contribution < 1.29 is 13.9 Å². The molecule has 3 N–H and O–H groups in total. The van der Waals surface area contributed by atoms with E-state index >= 15 is 0 Å². The van der Waals surface area contributed by atoms with Crippen molar-refractivity contribution in [2.45, 2.75) is 19.4 Å². The lowest BCUT2D eigenvalue weighted by Crippen LogP contribution is -2.21. The van der Waals surface area contributed by atoms with E-state index in [1.807, 2.05) is 31.2 Å². The number of nitriles is 1. The van der Waals surface area contributed by atoms with E-state index in [0.717, 1.165) is 22.4 Å². The van der Waals surface area contributed by atoms with Crippen LogP contribution in [-0.2, 0) is 6.61 Å². The van der Waals surface area contributed by atoms with Crippen LogP contribution in [0.25, 0.3) is 0 Å². The smallest absolute Gasteiger partial charge is 0.244 e. The number of aromatic nitrogens is 2. The maximum absolute atomic E-state index is 13.0. The van der Waals surface area contributed by atoms with E-state index in [2.05, 4.69) is 16.3 Å². The van der Waals surface area contributed by atoms with E-state index in [-0.39, 0.29) is 11.7 Å². The third-order valence-corrected chi connectivity index (χ3v) is 4.64. The Hall–Kier alpha value is -3.79. The molecule has 6 nitrogen and oxygen atoms in total. The number of nitrogens with zero attached hydrogens (tertiary/aromatic N) is 2. The standard InChI is InChI=1S/C21H17FN4O2/c1-12-18-19(17(10-23)20(24)28-21(18)26-25-12)14-3-2-4-16(9-14)27-11-13-5-7-15(22)8-6-13/h2-9,19H,11,24H2,1H3,(H,25,26).